The Labute approximate surface area is 161 Å². The van der Waals surface area contributed by atoms with E-state index in [9.17, 15) is 9.18 Å². The van der Waals surface area contributed by atoms with Gasteiger partial charge in [-0.15, -0.1) is 0 Å². The van der Waals surface area contributed by atoms with E-state index in [-0.39, 0.29) is 30.2 Å². The van der Waals surface area contributed by atoms with Crippen molar-refractivity contribution in [3.05, 3.63) is 65.8 Å². The molecule has 2 aromatic rings. The van der Waals surface area contributed by atoms with Crippen LogP contribution < -0.4 is 28.3 Å². The van der Waals surface area contributed by atoms with Crippen molar-refractivity contribution < 1.29 is 37.5 Å². The molecule has 0 amide bonds. The van der Waals surface area contributed by atoms with Crippen molar-refractivity contribution in [1.82, 2.24) is 0 Å². The first-order valence-electron chi connectivity index (χ1n) is 7.80. The molecule has 0 aliphatic heterocycles. The van der Waals surface area contributed by atoms with Gasteiger partial charge in [0.2, 0.25) is 0 Å². The van der Waals surface area contributed by atoms with Gasteiger partial charge in [0.1, 0.15) is 17.3 Å². The zero-order valence-electron chi connectivity index (χ0n) is 15.7. The first-order chi connectivity index (χ1) is 11.5. The molecule has 3 nitrogen and oxygen atoms in total. The molecule has 0 bridgehead atoms. The van der Waals surface area contributed by atoms with Crippen molar-refractivity contribution in [2.24, 2.45) is 0 Å². The quantitative estimate of drug-likeness (QED) is 0.475. The smallest absolute Gasteiger partial charge is 0.497 e. The number of halogens is 1. The number of unbranched alkanes of at least 4 members (excludes halogenated alkanes) is 1. The fourth-order valence-corrected chi connectivity index (χ4v) is 1.97. The molecule has 0 spiro atoms. The van der Waals surface area contributed by atoms with Crippen molar-refractivity contribution in [1.29, 1.82) is 0 Å². The van der Waals surface area contributed by atoms with Crippen LogP contribution in [0.1, 0.15) is 41.3 Å². The standard InChI is InChI=1S/C16H15FO3.C4H9.Li/c1-10-8-11(19-2)4-6-13(10)16(18)14-7-5-12(20-3)9-15(14)17;1-3-4-2;/h4-9H,1-3H3;1,3-4H2,2H3;/q;-1;+1. The summed E-state index contributed by atoms with van der Waals surface area (Å²) in [7, 11) is 3.00. The molecule has 0 heterocycles. The van der Waals surface area contributed by atoms with Gasteiger partial charge < -0.3 is 16.4 Å². The van der Waals surface area contributed by atoms with Gasteiger partial charge in [0.15, 0.2) is 5.78 Å². The molecular formula is C20H24FLiO3. The van der Waals surface area contributed by atoms with Crippen LogP contribution in [0.3, 0.4) is 0 Å². The maximum atomic E-state index is 13.9. The van der Waals surface area contributed by atoms with Gasteiger partial charge in [-0.05, 0) is 42.8 Å². The SMILES string of the molecule is COc1ccc(C(=O)c2ccc(OC)cc2F)c(C)c1.[CH2-]CCC.[Li+]. The van der Waals surface area contributed by atoms with Gasteiger partial charge in [0.25, 0.3) is 0 Å². The topological polar surface area (TPSA) is 35.5 Å². The van der Waals surface area contributed by atoms with Crippen LogP contribution in [-0.4, -0.2) is 20.0 Å². The molecule has 2 rings (SSSR count). The summed E-state index contributed by atoms with van der Waals surface area (Å²) in [5.74, 6) is 0.0922. The number of benzene rings is 2. The molecule has 0 radical (unpaired) electrons. The van der Waals surface area contributed by atoms with E-state index in [1.165, 1.54) is 25.7 Å². The summed E-state index contributed by atoms with van der Waals surface area (Å²) in [6.07, 6.45) is 2.28. The van der Waals surface area contributed by atoms with Crippen molar-refractivity contribution in [3.63, 3.8) is 0 Å². The van der Waals surface area contributed by atoms with Crippen LogP contribution in [0.25, 0.3) is 0 Å². The number of methoxy groups -OCH3 is 2. The van der Waals surface area contributed by atoms with Gasteiger partial charge in [-0.3, -0.25) is 4.79 Å². The Balaban J connectivity index is 0.00000104. The maximum absolute atomic E-state index is 13.9. The van der Waals surface area contributed by atoms with Gasteiger partial charge >= 0.3 is 18.9 Å². The second kappa shape index (κ2) is 11.7. The summed E-state index contributed by atoms with van der Waals surface area (Å²) in [6.45, 7) is 7.51. The third-order valence-electron chi connectivity index (χ3n) is 3.45. The molecule has 0 unspecified atom stereocenters. The molecular weight excluding hydrogens is 314 g/mol. The first kappa shape index (κ1) is 23.2. The van der Waals surface area contributed by atoms with E-state index in [0.29, 0.717) is 17.1 Å². The van der Waals surface area contributed by atoms with Crippen LogP contribution >= 0.6 is 0 Å². The van der Waals surface area contributed by atoms with E-state index < -0.39 is 5.82 Å². The van der Waals surface area contributed by atoms with Crippen molar-refractivity contribution in [2.45, 2.75) is 26.7 Å². The molecule has 0 fully saturated rings. The third kappa shape index (κ3) is 6.57. The normalized spacial score (nSPS) is 9.36. The summed E-state index contributed by atoms with van der Waals surface area (Å²) in [5, 5.41) is 0. The Morgan fingerprint density at radius 2 is 1.52 bits per heavy atom. The minimum Gasteiger partial charge on any atom is -0.497 e. The van der Waals surface area contributed by atoms with Crippen LogP contribution in [0.5, 0.6) is 11.5 Å². The van der Waals surface area contributed by atoms with Crippen molar-refractivity contribution in [2.75, 3.05) is 14.2 Å². The van der Waals surface area contributed by atoms with Gasteiger partial charge in [-0.2, -0.15) is 6.42 Å². The minimum absolute atomic E-state index is 0. The Morgan fingerprint density at radius 1 is 1.04 bits per heavy atom. The van der Waals surface area contributed by atoms with Crippen molar-refractivity contribution >= 4 is 5.78 Å². The Kier molecular flexibility index (Phi) is 10.9. The van der Waals surface area contributed by atoms with E-state index in [2.05, 4.69) is 13.8 Å². The summed E-state index contributed by atoms with van der Waals surface area (Å²) in [4.78, 5) is 12.4. The molecule has 0 aromatic heterocycles. The Bertz CT molecular complexity index is 629. The van der Waals surface area contributed by atoms with Gasteiger partial charge in [-0.25, -0.2) is 4.39 Å². The minimum atomic E-state index is -0.593. The average Bonchev–Trinajstić information content (AvgIpc) is 2.61. The van der Waals surface area contributed by atoms with Crippen LogP contribution in [0.2, 0.25) is 0 Å². The summed E-state index contributed by atoms with van der Waals surface area (Å²) in [5.41, 5.74) is 1.22. The van der Waals surface area contributed by atoms with E-state index in [0.717, 1.165) is 12.0 Å². The van der Waals surface area contributed by atoms with E-state index in [4.69, 9.17) is 9.47 Å². The predicted octanol–water partition coefficient (Wildman–Crippen LogP) is 2.01. The fourth-order valence-electron chi connectivity index (χ4n) is 1.97. The van der Waals surface area contributed by atoms with E-state index in [1.54, 1.807) is 38.3 Å². The largest absolute Gasteiger partial charge is 1.00 e. The number of carbonyl (C=O) groups is 1. The molecule has 5 heteroatoms. The van der Waals surface area contributed by atoms with E-state index >= 15 is 0 Å². The number of ether oxygens (including phenoxy) is 2. The maximum Gasteiger partial charge on any atom is 1.00 e. The zero-order chi connectivity index (χ0) is 18.1. The number of hydrogen-bond acceptors (Lipinski definition) is 3. The molecule has 0 atom stereocenters. The first-order valence-corrected chi connectivity index (χ1v) is 7.80. The second-order valence-electron chi connectivity index (χ2n) is 5.21. The second-order valence-corrected chi connectivity index (χ2v) is 5.21. The number of rotatable bonds is 5. The average molecular weight is 338 g/mol. The Hall–Kier alpha value is -1.76. The summed E-state index contributed by atoms with van der Waals surface area (Å²) in [6, 6.07) is 9.26. The predicted molar refractivity (Wildman–Crippen MR) is 94.4 cm³/mol. The third-order valence-corrected chi connectivity index (χ3v) is 3.45. The summed E-state index contributed by atoms with van der Waals surface area (Å²) < 4.78 is 23.9. The van der Waals surface area contributed by atoms with Crippen LogP contribution in [0, 0.1) is 19.7 Å². The number of hydrogen-bond donors (Lipinski definition) is 0. The number of aryl methyl sites for hydroxylation is 1. The molecule has 2 aromatic carbocycles. The molecule has 25 heavy (non-hydrogen) atoms. The number of ketones is 1. The monoisotopic (exact) mass is 338 g/mol. The number of carbonyl (C=O) groups excluding carboxylic acids is 1. The molecule has 130 valence electrons. The van der Waals surface area contributed by atoms with Gasteiger partial charge in [0.05, 0.1) is 19.8 Å². The molecule has 0 saturated carbocycles. The van der Waals surface area contributed by atoms with Crippen LogP contribution in [0.15, 0.2) is 36.4 Å². The summed E-state index contributed by atoms with van der Waals surface area (Å²) >= 11 is 0. The van der Waals surface area contributed by atoms with Crippen LogP contribution in [-0.2, 0) is 0 Å². The molecule has 0 saturated heterocycles. The van der Waals surface area contributed by atoms with E-state index in [1.807, 2.05) is 0 Å². The Morgan fingerprint density at radius 3 is 1.92 bits per heavy atom. The van der Waals surface area contributed by atoms with Gasteiger partial charge in [0, 0.05) is 11.6 Å². The van der Waals surface area contributed by atoms with Gasteiger partial charge in [-0.1, -0.05) is 13.3 Å². The zero-order valence-corrected chi connectivity index (χ0v) is 15.7. The van der Waals surface area contributed by atoms with Crippen molar-refractivity contribution in [3.8, 4) is 11.5 Å². The van der Waals surface area contributed by atoms with Crippen LogP contribution in [0.4, 0.5) is 4.39 Å². The molecule has 0 aliphatic carbocycles. The fraction of sp³-hybridized carbons (Fsp3) is 0.300. The molecule has 0 aliphatic rings. The molecule has 0 N–H and O–H groups in total.